The van der Waals surface area contributed by atoms with Crippen molar-refractivity contribution in [2.75, 3.05) is 12.0 Å². The number of rotatable bonds is 7. The lowest BCUT2D eigenvalue weighted by Crippen LogP contribution is -2.36. The molecule has 3 nitrogen and oxygen atoms in total. The van der Waals surface area contributed by atoms with Crippen LogP contribution in [0.3, 0.4) is 0 Å². The number of hydrogen-bond donors (Lipinski definition) is 2. The van der Waals surface area contributed by atoms with Crippen LogP contribution in [0.25, 0.3) is 0 Å². The summed E-state index contributed by atoms with van der Waals surface area (Å²) in [6, 6.07) is 0.747. The van der Waals surface area contributed by atoms with E-state index in [4.69, 9.17) is 5.11 Å². The van der Waals surface area contributed by atoms with Crippen molar-refractivity contribution in [1.82, 2.24) is 5.32 Å². The highest BCUT2D eigenvalue weighted by Crippen LogP contribution is 2.01. The van der Waals surface area contributed by atoms with Crippen molar-refractivity contribution >= 4 is 17.7 Å². The van der Waals surface area contributed by atoms with Gasteiger partial charge in [0.05, 0.1) is 0 Å². The molecule has 0 heterocycles. The van der Waals surface area contributed by atoms with Crippen LogP contribution in [0, 0.1) is 0 Å². The Hall–Kier alpha value is -0.220. The molecule has 2 unspecified atom stereocenters. The minimum absolute atomic E-state index is 0.250. The van der Waals surface area contributed by atoms with Crippen molar-refractivity contribution in [2.45, 2.75) is 38.8 Å². The number of nitrogens with one attached hydrogen (secondary N) is 1. The second kappa shape index (κ2) is 7.21. The Morgan fingerprint density at radius 1 is 1.46 bits per heavy atom. The summed E-state index contributed by atoms with van der Waals surface area (Å²) in [5, 5.41) is 11.8. The van der Waals surface area contributed by atoms with Gasteiger partial charge < -0.3 is 10.4 Å². The van der Waals surface area contributed by atoms with Crippen LogP contribution < -0.4 is 5.32 Å². The predicted octanol–water partition coefficient (Wildman–Crippen LogP) is 1.58. The van der Waals surface area contributed by atoms with Crippen LogP contribution in [0.1, 0.15) is 26.7 Å². The van der Waals surface area contributed by atoms with Gasteiger partial charge in [0.2, 0.25) is 0 Å². The van der Waals surface area contributed by atoms with Gasteiger partial charge in [-0.25, -0.2) is 0 Å². The summed E-state index contributed by atoms with van der Waals surface area (Å²) >= 11 is 1.80. The van der Waals surface area contributed by atoms with Crippen LogP contribution in [-0.2, 0) is 4.79 Å². The van der Waals surface area contributed by atoms with Crippen molar-refractivity contribution in [2.24, 2.45) is 0 Å². The highest BCUT2D eigenvalue weighted by Gasteiger charge is 2.08. The SMILES string of the molecule is CSCC(C)NC(C)CCC(=O)O. The van der Waals surface area contributed by atoms with Crippen LogP contribution in [0.5, 0.6) is 0 Å². The van der Waals surface area contributed by atoms with Gasteiger partial charge in [-0.1, -0.05) is 0 Å². The number of aliphatic carboxylic acids is 1. The maximum atomic E-state index is 10.3. The average Bonchev–Trinajstić information content (AvgIpc) is 2.01. The molecule has 0 radical (unpaired) electrons. The lowest BCUT2D eigenvalue weighted by atomic mass is 10.1. The highest BCUT2D eigenvalue weighted by molar-refractivity contribution is 7.98. The molecule has 0 bridgehead atoms. The Balaban J connectivity index is 3.48. The zero-order chi connectivity index (χ0) is 10.3. The first-order valence-electron chi connectivity index (χ1n) is 4.53. The lowest BCUT2D eigenvalue weighted by Gasteiger charge is -2.18. The summed E-state index contributed by atoms with van der Waals surface area (Å²) in [4.78, 5) is 10.3. The summed E-state index contributed by atoms with van der Waals surface area (Å²) in [7, 11) is 0. The van der Waals surface area contributed by atoms with Gasteiger partial charge in [-0.2, -0.15) is 11.8 Å². The molecule has 13 heavy (non-hydrogen) atoms. The number of carboxylic acids is 1. The van der Waals surface area contributed by atoms with E-state index in [0.29, 0.717) is 18.5 Å². The van der Waals surface area contributed by atoms with Crippen LogP contribution in [0.15, 0.2) is 0 Å². The van der Waals surface area contributed by atoms with Crippen molar-refractivity contribution in [3.63, 3.8) is 0 Å². The van der Waals surface area contributed by atoms with Gasteiger partial charge in [0.1, 0.15) is 0 Å². The molecule has 0 saturated heterocycles. The van der Waals surface area contributed by atoms with Gasteiger partial charge in [-0.15, -0.1) is 0 Å². The number of carbonyl (C=O) groups is 1. The molecular weight excluding hydrogens is 186 g/mol. The minimum Gasteiger partial charge on any atom is -0.481 e. The molecule has 0 aromatic heterocycles. The molecule has 0 aliphatic carbocycles. The third kappa shape index (κ3) is 8.12. The Morgan fingerprint density at radius 3 is 2.54 bits per heavy atom. The highest BCUT2D eigenvalue weighted by atomic mass is 32.2. The molecule has 2 N–H and O–H groups in total. The second-order valence-corrected chi connectivity index (χ2v) is 4.27. The Morgan fingerprint density at radius 2 is 2.08 bits per heavy atom. The van der Waals surface area contributed by atoms with E-state index < -0.39 is 5.97 Å². The Kier molecular flexibility index (Phi) is 7.09. The van der Waals surface area contributed by atoms with Crippen LogP contribution in [-0.4, -0.2) is 35.2 Å². The fourth-order valence-corrected chi connectivity index (χ4v) is 1.80. The normalized spacial score (nSPS) is 15.3. The first-order valence-corrected chi connectivity index (χ1v) is 5.92. The van der Waals surface area contributed by atoms with Crippen molar-refractivity contribution in [3.8, 4) is 0 Å². The summed E-state index contributed by atoms with van der Waals surface area (Å²) in [6.07, 6.45) is 3.02. The molecule has 0 aromatic carbocycles. The smallest absolute Gasteiger partial charge is 0.303 e. The molecule has 0 rings (SSSR count). The van der Waals surface area contributed by atoms with E-state index in [1.165, 1.54) is 0 Å². The molecule has 0 aliphatic heterocycles. The van der Waals surface area contributed by atoms with Gasteiger partial charge in [0, 0.05) is 24.3 Å². The first-order chi connectivity index (χ1) is 6.06. The Bertz CT molecular complexity index is 153. The molecule has 0 aliphatic rings. The van der Waals surface area contributed by atoms with Gasteiger partial charge in [0.15, 0.2) is 0 Å². The third-order valence-corrected chi connectivity index (χ3v) is 2.61. The molecule has 78 valence electrons. The minimum atomic E-state index is -0.717. The van der Waals surface area contributed by atoms with E-state index in [1.807, 2.05) is 6.92 Å². The number of thioether (sulfide) groups is 1. The number of hydrogen-bond acceptors (Lipinski definition) is 3. The Labute approximate surface area is 84.3 Å². The monoisotopic (exact) mass is 205 g/mol. The van der Waals surface area contributed by atoms with E-state index in [0.717, 1.165) is 5.75 Å². The van der Waals surface area contributed by atoms with Gasteiger partial charge in [0.25, 0.3) is 0 Å². The van der Waals surface area contributed by atoms with Crippen LogP contribution >= 0.6 is 11.8 Å². The largest absolute Gasteiger partial charge is 0.481 e. The standard InChI is InChI=1S/C9H19NO2S/c1-7(4-5-9(11)12)10-8(2)6-13-3/h7-8,10H,4-6H2,1-3H3,(H,11,12). The van der Waals surface area contributed by atoms with E-state index in [1.54, 1.807) is 11.8 Å². The molecule has 0 saturated carbocycles. The molecular formula is C9H19NO2S. The fraction of sp³-hybridized carbons (Fsp3) is 0.889. The van der Waals surface area contributed by atoms with E-state index in [2.05, 4.69) is 18.5 Å². The summed E-state index contributed by atoms with van der Waals surface area (Å²) < 4.78 is 0. The molecule has 4 heteroatoms. The average molecular weight is 205 g/mol. The quantitative estimate of drug-likeness (QED) is 0.662. The van der Waals surface area contributed by atoms with Crippen molar-refractivity contribution in [3.05, 3.63) is 0 Å². The molecule has 0 spiro atoms. The second-order valence-electron chi connectivity index (χ2n) is 3.36. The van der Waals surface area contributed by atoms with Gasteiger partial charge in [-0.3, -0.25) is 4.79 Å². The van der Waals surface area contributed by atoms with E-state index >= 15 is 0 Å². The maximum Gasteiger partial charge on any atom is 0.303 e. The van der Waals surface area contributed by atoms with E-state index in [9.17, 15) is 4.79 Å². The molecule has 0 fully saturated rings. The first kappa shape index (κ1) is 12.8. The lowest BCUT2D eigenvalue weighted by molar-refractivity contribution is -0.137. The molecule has 0 amide bonds. The van der Waals surface area contributed by atoms with Crippen molar-refractivity contribution < 1.29 is 9.90 Å². The van der Waals surface area contributed by atoms with Crippen LogP contribution in [0.2, 0.25) is 0 Å². The third-order valence-electron chi connectivity index (χ3n) is 1.78. The molecule has 0 aromatic rings. The maximum absolute atomic E-state index is 10.3. The topological polar surface area (TPSA) is 49.3 Å². The zero-order valence-electron chi connectivity index (χ0n) is 8.54. The predicted molar refractivity (Wildman–Crippen MR) is 57.3 cm³/mol. The fourth-order valence-electron chi connectivity index (χ4n) is 1.21. The number of carboxylic acid groups (broad SMARTS) is 1. The summed E-state index contributed by atoms with van der Waals surface area (Å²) in [6.45, 7) is 4.15. The zero-order valence-corrected chi connectivity index (χ0v) is 9.36. The molecule has 2 atom stereocenters. The summed E-state index contributed by atoms with van der Waals surface area (Å²) in [5.41, 5.74) is 0. The summed E-state index contributed by atoms with van der Waals surface area (Å²) in [5.74, 6) is 0.350. The van der Waals surface area contributed by atoms with Gasteiger partial charge in [-0.05, 0) is 26.5 Å². The van der Waals surface area contributed by atoms with E-state index in [-0.39, 0.29) is 6.42 Å². The van der Waals surface area contributed by atoms with Gasteiger partial charge >= 0.3 is 5.97 Å². The van der Waals surface area contributed by atoms with Crippen molar-refractivity contribution in [1.29, 1.82) is 0 Å². The van der Waals surface area contributed by atoms with Crippen LogP contribution in [0.4, 0.5) is 0 Å².